The number of nitrogens with one attached hydrogen (secondary N) is 1. The molecule has 0 bridgehead atoms. The predicted molar refractivity (Wildman–Crippen MR) is 93.9 cm³/mol. The largest absolute Gasteiger partial charge is 0.467 e. The SMILES string of the molecule is S=C1N[C@@H](c2ccccn2)[C@@H](c2ccco2)N1Cc1ccncc1. The van der Waals surface area contributed by atoms with E-state index in [0.717, 1.165) is 17.0 Å². The lowest BCUT2D eigenvalue weighted by molar-refractivity contribution is 0.267. The van der Waals surface area contributed by atoms with Gasteiger partial charge < -0.3 is 14.6 Å². The van der Waals surface area contributed by atoms with Crippen LogP contribution in [0.2, 0.25) is 0 Å². The zero-order valence-corrected chi connectivity index (χ0v) is 13.7. The summed E-state index contributed by atoms with van der Waals surface area (Å²) in [6, 6.07) is 13.7. The van der Waals surface area contributed by atoms with Crippen LogP contribution in [0.25, 0.3) is 0 Å². The summed E-state index contributed by atoms with van der Waals surface area (Å²) in [5.74, 6) is 0.868. The number of pyridine rings is 2. The Labute approximate surface area is 145 Å². The van der Waals surface area contributed by atoms with Crippen molar-refractivity contribution in [1.82, 2.24) is 20.2 Å². The fraction of sp³-hybridized carbons (Fsp3) is 0.167. The van der Waals surface area contributed by atoms with Gasteiger partial charge >= 0.3 is 0 Å². The van der Waals surface area contributed by atoms with E-state index in [1.807, 2.05) is 42.5 Å². The lowest BCUT2D eigenvalue weighted by Crippen LogP contribution is -2.29. The van der Waals surface area contributed by atoms with Crippen molar-refractivity contribution in [3.63, 3.8) is 0 Å². The van der Waals surface area contributed by atoms with Gasteiger partial charge in [-0.05, 0) is 54.2 Å². The molecule has 0 unspecified atom stereocenters. The quantitative estimate of drug-likeness (QED) is 0.738. The molecule has 0 spiro atoms. The average Bonchev–Trinajstić information content (AvgIpc) is 3.25. The number of aromatic nitrogens is 2. The van der Waals surface area contributed by atoms with E-state index in [0.29, 0.717) is 11.7 Å². The third-order valence-electron chi connectivity index (χ3n) is 4.13. The number of hydrogen-bond donors (Lipinski definition) is 1. The van der Waals surface area contributed by atoms with E-state index < -0.39 is 0 Å². The molecule has 0 aromatic carbocycles. The summed E-state index contributed by atoms with van der Waals surface area (Å²) < 4.78 is 5.70. The standard InChI is InChI=1S/C18H16N4OS/c24-18-21-16(14-4-1-2-8-20-14)17(15-5-3-11-23-15)22(18)12-13-6-9-19-10-7-13/h1-11,16-17H,12H2,(H,21,24)/t16-,17+/m0/s1. The lowest BCUT2D eigenvalue weighted by atomic mass is 10.0. The van der Waals surface area contributed by atoms with Gasteiger partial charge in [0.25, 0.3) is 0 Å². The van der Waals surface area contributed by atoms with Gasteiger partial charge in [-0.15, -0.1) is 0 Å². The molecule has 3 aromatic heterocycles. The molecule has 1 saturated heterocycles. The van der Waals surface area contributed by atoms with Crippen LogP contribution in [0.3, 0.4) is 0 Å². The van der Waals surface area contributed by atoms with E-state index in [1.54, 1.807) is 24.9 Å². The van der Waals surface area contributed by atoms with Crippen molar-refractivity contribution in [3.05, 3.63) is 84.3 Å². The normalized spacial score (nSPS) is 20.2. The molecule has 0 radical (unpaired) electrons. The maximum Gasteiger partial charge on any atom is 0.170 e. The molecule has 0 saturated carbocycles. The van der Waals surface area contributed by atoms with Crippen LogP contribution in [-0.2, 0) is 6.54 Å². The molecule has 3 aromatic rings. The van der Waals surface area contributed by atoms with E-state index in [1.165, 1.54) is 0 Å². The van der Waals surface area contributed by atoms with Gasteiger partial charge in [-0.2, -0.15) is 0 Å². The summed E-state index contributed by atoms with van der Waals surface area (Å²) >= 11 is 5.60. The highest BCUT2D eigenvalue weighted by Crippen LogP contribution is 2.39. The molecule has 2 atom stereocenters. The minimum absolute atomic E-state index is 0.0458. The first-order valence-electron chi connectivity index (χ1n) is 7.73. The van der Waals surface area contributed by atoms with Crippen molar-refractivity contribution in [1.29, 1.82) is 0 Å². The molecule has 4 heterocycles. The van der Waals surface area contributed by atoms with Crippen molar-refractivity contribution >= 4 is 17.3 Å². The van der Waals surface area contributed by atoms with Crippen molar-refractivity contribution in [2.24, 2.45) is 0 Å². The zero-order chi connectivity index (χ0) is 16.4. The van der Waals surface area contributed by atoms with E-state index in [2.05, 4.69) is 20.2 Å². The number of furan rings is 1. The minimum Gasteiger partial charge on any atom is -0.467 e. The summed E-state index contributed by atoms with van der Waals surface area (Å²) in [5, 5.41) is 4.10. The molecule has 24 heavy (non-hydrogen) atoms. The molecule has 1 fully saturated rings. The summed E-state index contributed by atoms with van der Waals surface area (Å²) in [4.78, 5) is 10.7. The number of rotatable bonds is 4. The van der Waals surface area contributed by atoms with Gasteiger partial charge in [0.15, 0.2) is 5.11 Å². The molecule has 4 rings (SSSR count). The van der Waals surface area contributed by atoms with Crippen LogP contribution in [0.4, 0.5) is 0 Å². The van der Waals surface area contributed by atoms with Crippen molar-refractivity contribution in [3.8, 4) is 0 Å². The van der Waals surface area contributed by atoms with E-state index >= 15 is 0 Å². The van der Waals surface area contributed by atoms with Crippen LogP contribution in [0.1, 0.15) is 29.1 Å². The van der Waals surface area contributed by atoms with Gasteiger partial charge in [0.1, 0.15) is 11.8 Å². The zero-order valence-electron chi connectivity index (χ0n) is 12.9. The van der Waals surface area contributed by atoms with Gasteiger partial charge in [-0.1, -0.05) is 6.07 Å². The van der Waals surface area contributed by atoms with Crippen LogP contribution in [0.5, 0.6) is 0 Å². The molecule has 0 amide bonds. The smallest absolute Gasteiger partial charge is 0.170 e. The third-order valence-corrected chi connectivity index (χ3v) is 4.49. The van der Waals surface area contributed by atoms with Gasteiger partial charge in [-0.25, -0.2) is 0 Å². The fourth-order valence-electron chi connectivity index (χ4n) is 3.03. The lowest BCUT2D eigenvalue weighted by Gasteiger charge is -2.26. The molecule has 6 heteroatoms. The predicted octanol–water partition coefficient (Wildman–Crippen LogP) is 3.24. The Hall–Kier alpha value is -2.73. The summed E-state index contributed by atoms with van der Waals surface area (Å²) in [6.45, 7) is 0.684. The van der Waals surface area contributed by atoms with Crippen LogP contribution in [0.15, 0.2) is 71.7 Å². The Morgan fingerprint density at radius 1 is 1.08 bits per heavy atom. The molecule has 1 aliphatic rings. The highest BCUT2D eigenvalue weighted by atomic mass is 32.1. The minimum atomic E-state index is -0.0494. The average molecular weight is 336 g/mol. The van der Waals surface area contributed by atoms with Gasteiger partial charge in [-0.3, -0.25) is 9.97 Å². The van der Waals surface area contributed by atoms with Crippen LogP contribution < -0.4 is 5.32 Å². The van der Waals surface area contributed by atoms with Crippen molar-refractivity contribution in [2.45, 2.75) is 18.6 Å². The Kier molecular flexibility index (Phi) is 3.96. The topological polar surface area (TPSA) is 54.2 Å². The molecular weight excluding hydrogens is 320 g/mol. The summed E-state index contributed by atoms with van der Waals surface area (Å²) in [6.07, 6.45) is 7.07. The first-order chi connectivity index (χ1) is 11.8. The second-order valence-corrected chi connectivity index (χ2v) is 6.01. The number of hydrogen-bond acceptors (Lipinski definition) is 4. The second-order valence-electron chi connectivity index (χ2n) is 5.63. The van der Waals surface area contributed by atoms with Gasteiger partial charge in [0.2, 0.25) is 0 Å². The highest BCUT2D eigenvalue weighted by molar-refractivity contribution is 7.80. The maximum atomic E-state index is 5.70. The van der Waals surface area contributed by atoms with Crippen LogP contribution in [-0.4, -0.2) is 20.0 Å². The van der Waals surface area contributed by atoms with E-state index in [9.17, 15) is 0 Å². The highest BCUT2D eigenvalue weighted by Gasteiger charge is 2.41. The van der Waals surface area contributed by atoms with Crippen LogP contribution >= 0.6 is 12.2 Å². The second kappa shape index (κ2) is 6.41. The number of thiocarbonyl (C=S) groups is 1. The van der Waals surface area contributed by atoms with Gasteiger partial charge in [0, 0.05) is 25.1 Å². The maximum absolute atomic E-state index is 5.70. The van der Waals surface area contributed by atoms with E-state index in [-0.39, 0.29) is 12.1 Å². The first kappa shape index (κ1) is 14.8. The Bertz CT molecular complexity index is 808. The molecule has 1 N–H and O–H groups in total. The van der Waals surface area contributed by atoms with Crippen molar-refractivity contribution < 1.29 is 4.42 Å². The molecule has 0 aliphatic carbocycles. The van der Waals surface area contributed by atoms with Gasteiger partial charge in [0.05, 0.1) is 18.0 Å². The first-order valence-corrected chi connectivity index (χ1v) is 8.14. The molecular formula is C18H16N4OS. The van der Waals surface area contributed by atoms with E-state index in [4.69, 9.17) is 16.6 Å². The molecule has 5 nitrogen and oxygen atoms in total. The fourth-order valence-corrected chi connectivity index (χ4v) is 3.33. The third kappa shape index (κ3) is 2.76. The van der Waals surface area contributed by atoms with Crippen molar-refractivity contribution in [2.75, 3.05) is 0 Å². The molecule has 120 valence electrons. The Balaban J connectivity index is 1.71. The van der Waals surface area contributed by atoms with Crippen LogP contribution in [0, 0.1) is 0 Å². The summed E-state index contributed by atoms with van der Waals surface area (Å²) in [7, 11) is 0. The Morgan fingerprint density at radius 2 is 1.96 bits per heavy atom. The molecule has 1 aliphatic heterocycles. The monoisotopic (exact) mass is 336 g/mol. The number of nitrogens with zero attached hydrogens (tertiary/aromatic N) is 3. The Morgan fingerprint density at radius 3 is 2.67 bits per heavy atom. The summed E-state index contributed by atoms with van der Waals surface area (Å²) in [5.41, 5.74) is 2.09.